The number of methoxy groups -OCH3 is 1. The number of nitrogens with zero attached hydrogens (tertiary/aromatic N) is 1. The minimum atomic E-state index is 0.924. The van der Waals surface area contributed by atoms with Crippen LogP contribution in [0.2, 0.25) is 0 Å². The van der Waals surface area contributed by atoms with Crippen LogP contribution in [0.4, 0.5) is 0 Å². The number of ether oxygens (including phenoxy) is 1. The number of unbranched alkanes of at least 4 members (excludes halogenated alkanes) is 1. The van der Waals surface area contributed by atoms with Crippen LogP contribution in [0.15, 0.2) is 0 Å². The molecule has 0 spiro atoms. The summed E-state index contributed by atoms with van der Waals surface area (Å²) in [6, 6.07) is 0. The molecular formula is C9H19NO. The Balaban J connectivity index is 1.86. The van der Waals surface area contributed by atoms with Crippen LogP contribution in [0, 0.1) is 0 Å². The summed E-state index contributed by atoms with van der Waals surface area (Å²) in [7, 11) is 1.77. The fraction of sp³-hybridized carbons (Fsp3) is 1.00. The zero-order valence-corrected chi connectivity index (χ0v) is 7.51. The highest BCUT2D eigenvalue weighted by Crippen LogP contribution is 2.07. The summed E-state index contributed by atoms with van der Waals surface area (Å²) < 4.78 is 4.99. The molecule has 0 aromatic heterocycles. The molecule has 0 N–H and O–H groups in total. The van der Waals surface area contributed by atoms with Gasteiger partial charge in [0.15, 0.2) is 0 Å². The van der Waals surface area contributed by atoms with E-state index in [1.807, 2.05) is 0 Å². The van der Waals surface area contributed by atoms with Gasteiger partial charge in [0.1, 0.15) is 0 Å². The third-order valence-electron chi connectivity index (χ3n) is 2.27. The van der Waals surface area contributed by atoms with E-state index in [1.54, 1.807) is 7.11 Å². The molecule has 2 heteroatoms. The van der Waals surface area contributed by atoms with Crippen molar-refractivity contribution in [1.82, 2.24) is 4.90 Å². The Morgan fingerprint density at radius 2 is 1.91 bits per heavy atom. The van der Waals surface area contributed by atoms with Crippen LogP contribution in [0.1, 0.15) is 25.7 Å². The summed E-state index contributed by atoms with van der Waals surface area (Å²) in [4.78, 5) is 2.55. The van der Waals surface area contributed by atoms with E-state index in [1.165, 1.54) is 45.3 Å². The molecule has 1 rings (SSSR count). The van der Waals surface area contributed by atoms with Crippen molar-refractivity contribution < 1.29 is 4.74 Å². The van der Waals surface area contributed by atoms with Crippen LogP contribution in [-0.4, -0.2) is 38.3 Å². The minimum Gasteiger partial charge on any atom is -0.385 e. The van der Waals surface area contributed by atoms with Gasteiger partial charge in [-0.2, -0.15) is 0 Å². The van der Waals surface area contributed by atoms with E-state index in [4.69, 9.17) is 4.74 Å². The number of hydrogen-bond donors (Lipinski definition) is 0. The Morgan fingerprint density at radius 3 is 2.55 bits per heavy atom. The molecule has 0 aliphatic carbocycles. The molecule has 0 radical (unpaired) electrons. The first-order valence-electron chi connectivity index (χ1n) is 4.65. The van der Waals surface area contributed by atoms with Crippen molar-refractivity contribution in [2.45, 2.75) is 25.7 Å². The van der Waals surface area contributed by atoms with Crippen molar-refractivity contribution in [1.29, 1.82) is 0 Å². The lowest BCUT2D eigenvalue weighted by molar-refractivity contribution is 0.187. The molecule has 0 amide bonds. The van der Waals surface area contributed by atoms with Gasteiger partial charge in [-0.25, -0.2) is 0 Å². The van der Waals surface area contributed by atoms with E-state index in [9.17, 15) is 0 Å². The Morgan fingerprint density at radius 1 is 1.18 bits per heavy atom. The highest BCUT2D eigenvalue weighted by Gasteiger charge is 2.09. The van der Waals surface area contributed by atoms with Crippen molar-refractivity contribution in [3.8, 4) is 0 Å². The second-order valence-electron chi connectivity index (χ2n) is 3.25. The molecular weight excluding hydrogens is 138 g/mol. The highest BCUT2D eigenvalue weighted by molar-refractivity contribution is 4.65. The quantitative estimate of drug-likeness (QED) is 0.561. The number of rotatable bonds is 5. The molecule has 0 saturated carbocycles. The molecule has 0 unspecified atom stereocenters. The molecule has 1 saturated heterocycles. The molecule has 66 valence electrons. The topological polar surface area (TPSA) is 12.5 Å². The number of likely N-dealkylation sites (tertiary alicyclic amines) is 1. The highest BCUT2D eigenvalue weighted by atomic mass is 16.5. The summed E-state index contributed by atoms with van der Waals surface area (Å²) in [5.41, 5.74) is 0. The third-order valence-corrected chi connectivity index (χ3v) is 2.27. The van der Waals surface area contributed by atoms with Crippen LogP contribution in [0.3, 0.4) is 0 Å². The van der Waals surface area contributed by atoms with E-state index in [-0.39, 0.29) is 0 Å². The third kappa shape index (κ3) is 3.73. The second-order valence-corrected chi connectivity index (χ2v) is 3.25. The predicted octanol–water partition coefficient (Wildman–Crippen LogP) is 1.51. The first-order valence-corrected chi connectivity index (χ1v) is 4.65. The van der Waals surface area contributed by atoms with Crippen LogP contribution in [-0.2, 0) is 4.74 Å². The standard InChI is InChI=1S/C9H19NO/c1-11-9-5-4-8-10-6-2-3-7-10/h2-9H2,1H3. The average Bonchev–Trinajstić information content (AvgIpc) is 2.50. The molecule has 0 atom stereocenters. The molecule has 1 fully saturated rings. The van der Waals surface area contributed by atoms with Gasteiger partial charge >= 0.3 is 0 Å². The lowest BCUT2D eigenvalue weighted by Crippen LogP contribution is -2.20. The van der Waals surface area contributed by atoms with E-state index in [0.29, 0.717) is 0 Å². The van der Waals surface area contributed by atoms with Gasteiger partial charge in [-0.1, -0.05) is 0 Å². The summed E-state index contributed by atoms with van der Waals surface area (Å²) in [6.07, 6.45) is 5.33. The molecule has 1 aliphatic heterocycles. The number of hydrogen-bond acceptors (Lipinski definition) is 2. The Kier molecular flexibility index (Phi) is 4.55. The van der Waals surface area contributed by atoms with Crippen molar-refractivity contribution in [3.05, 3.63) is 0 Å². The molecule has 1 heterocycles. The van der Waals surface area contributed by atoms with E-state index < -0.39 is 0 Å². The lowest BCUT2D eigenvalue weighted by atomic mass is 10.3. The van der Waals surface area contributed by atoms with Gasteiger partial charge in [0.25, 0.3) is 0 Å². The molecule has 2 nitrogen and oxygen atoms in total. The second kappa shape index (κ2) is 5.56. The van der Waals surface area contributed by atoms with Gasteiger partial charge in [-0.05, 0) is 45.3 Å². The van der Waals surface area contributed by atoms with E-state index in [0.717, 1.165) is 6.61 Å². The monoisotopic (exact) mass is 157 g/mol. The molecule has 0 aromatic carbocycles. The van der Waals surface area contributed by atoms with Crippen molar-refractivity contribution in [2.24, 2.45) is 0 Å². The van der Waals surface area contributed by atoms with Crippen LogP contribution in [0.5, 0.6) is 0 Å². The average molecular weight is 157 g/mol. The molecule has 1 aliphatic rings. The Labute approximate surface area is 69.5 Å². The van der Waals surface area contributed by atoms with Gasteiger partial charge in [-0.3, -0.25) is 0 Å². The SMILES string of the molecule is COCCCCN1CCCC1. The Hall–Kier alpha value is -0.0800. The van der Waals surface area contributed by atoms with Gasteiger partial charge in [0.2, 0.25) is 0 Å². The lowest BCUT2D eigenvalue weighted by Gasteiger charge is -2.13. The molecule has 0 bridgehead atoms. The van der Waals surface area contributed by atoms with Crippen LogP contribution >= 0.6 is 0 Å². The van der Waals surface area contributed by atoms with Crippen molar-refractivity contribution in [2.75, 3.05) is 33.4 Å². The van der Waals surface area contributed by atoms with E-state index in [2.05, 4.69) is 4.90 Å². The van der Waals surface area contributed by atoms with Gasteiger partial charge in [-0.15, -0.1) is 0 Å². The first-order chi connectivity index (χ1) is 5.43. The van der Waals surface area contributed by atoms with Gasteiger partial charge in [0, 0.05) is 13.7 Å². The van der Waals surface area contributed by atoms with Gasteiger partial charge in [0.05, 0.1) is 0 Å². The van der Waals surface area contributed by atoms with Crippen molar-refractivity contribution in [3.63, 3.8) is 0 Å². The Bertz CT molecular complexity index is 89.6. The van der Waals surface area contributed by atoms with Gasteiger partial charge < -0.3 is 9.64 Å². The zero-order valence-electron chi connectivity index (χ0n) is 7.51. The fourth-order valence-corrected chi connectivity index (χ4v) is 1.59. The minimum absolute atomic E-state index is 0.924. The first kappa shape index (κ1) is 9.01. The maximum atomic E-state index is 4.99. The summed E-state index contributed by atoms with van der Waals surface area (Å²) in [5, 5.41) is 0. The molecule has 0 aromatic rings. The predicted molar refractivity (Wildman–Crippen MR) is 46.8 cm³/mol. The van der Waals surface area contributed by atoms with Crippen molar-refractivity contribution >= 4 is 0 Å². The van der Waals surface area contributed by atoms with E-state index >= 15 is 0 Å². The molecule has 11 heavy (non-hydrogen) atoms. The summed E-state index contributed by atoms with van der Waals surface area (Å²) in [5.74, 6) is 0. The summed E-state index contributed by atoms with van der Waals surface area (Å²) in [6.45, 7) is 4.86. The fourth-order valence-electron chi connectivity index (χ4n) is 1.59. The summed E-state index contributed by atoms with van der Waals surface area (Å²) >= 11 is 0. The smallest absolute Gasteiger partial charge is 0.0462 e. The van der Waals surface area contributed by atoms with Crippen LogP contribution in [0.25, 0.3) is 0 Å². The largest absolute Gasteiger partial charge is 0.385 e. The normalized spacial score (nSPS) is 19.4. The zero-order chi connectivity index (χ0) is 7.94. The maximum Gasteiger partial charge on any atom is 0.0462 e. The van der Waals surface area contributed by atoms with Crippen LogP contribution < -0.4 is 0 Å². The maximum absolute atomic E-state index is 4.99.